The van der Waals surface area contributed by atoms with Crippen LogP contribution in [0.4, 0.5) is 8.78 Å². The fourth-order valence-corrected chi connectivity index (χ4v) is 4.20. The van der Waals surface area contributed by atoms with Crippen molar-refractivity contribution < 1.29 is 27.2 Å². The molecular weight excluding hydrogens is 392 g/mol. The zero-order chi connectivity index (χ0) is 15.1. The molecule has 0 fully saturated rings. The summed E-state index contributed by atoms with van der Waals surface area (Å²) < 4.78 is 49.0. The van der Waals surface area contributed by atoms with E-state index in [1.807, 2.05) is 22.6 Å². The first kappa shape index (κ1) is 19.4. The molecular formula is C11H20F2IO4P. The van der Waals surface area contributed by atoms with Crippen molar-refractivity contribution in [1.82, 2.24) is 0 Å². The Balaban J connectivity index is 4.71. The Kier molecular flexibility index (Phi) is 8.83. The van der Waals surface area contributed by atoms with E-state index in [-0.39, 0.29) is 25.4 Å². The quantitative estimate of drug-likeness (QED) is 0.303. The first-order valence-electron chi connectivity index (χ1n) is 6.09. The number of rotatable bonds is 10. The highest BCUT2D eigenvalue weighted by molar-refractivity contribution is 14.1. The van der Waals surface area contributed by atoms with Gasteiger partial charge in [-0.2, -0.15) is 8.78 Å². The highest BCUT2D eigenvalue weighted by atomic mass is 127. The number of carbonyl (C=O) groups excluding carboxylic acids is 1. The predicted octanol–water partition coefficient (Wildman–Crippen LogP) is 4.41. The molecule has 0 spiro atoms. The zero-order valence-corrected chi connectivity index (χ0v) is 14.4. The molecule has 0 aromatic carbocycles. The largest absolute Gasteiger partial charge is 0.399 e. The van der Waals surface area contributed by atoms with Crippen LogP contribution in [0, 0.1) is 0 Å². The van der Waals surface area contributed by atoms with E-state index in [0.29, 0.717) is 6.42 Å². The van der Waals surface area contributed by atoms with E-state index >= 15 is 0 Å². The van der Waals surface area contributed by atoms with E-state index in [2.05, 4.69) is 9.05 Å². The molecule has 0 heterocycles. The number of alkyl halides is 3. The number of carbonyl (C=O) groups is 1. The molecule has 0 bridgehead atoms. The van der Waals surface area contributed by atoms with Crippen LogP contribution in [-0.4, -0.2) is 28.6 Å². The third kappa shape index (κ3) is 6.60. The van der Waals surface area contributed by atoms with Crippen molar-refractivity contribution in [1.29, 1.82) is 0 Å². The van der Waals surface area contributed by atoms with Crippen molar-refractivity contribution in [3.05, 3.63) is 0 Å². The van der Waals surface area contributed by atoms with Crippen molar-refractivity contribution in [2.24, 2.45) is 0 Å². The summed E-state index contributed by atoms with van der Waals surface area (Å²) in [6.45, 7) is 4.17. The van der Waals surface area contributed by atoms with Crippen molar-refractivity contribution in [3.8, 4) is 0 Å². The molecule has 0 radical (unpaired) electrons. The minimum atomic E-state index is -4.45. The number of Topliss-reactive ketones (excluding diaryl/α,β-unsaturated/α-hetero) is 1. The normalized spacial score (nSPS) is 14.4. The monoisotopic (exact) mass is 412 g/mol. The molecule has 8 heteroatoms. The molecule has 0 amide bonds. The lowest BCUT2D eigenvalue weighted by Crippen LogP contribution is -2.24. The van der Waals surface area contributed by atoms with Crippen molar-refractivity contribution in [3.63, 3.8) is 0 Å². The number of hydrogen-bond acceptors (Lipinski definition) is 4. The van der Waals surface area contributed by atoms with E-state index < -0.39 is 23.6 Å². The van der Waals surface area contributed by atoms with Gasteiger partial charge in [-0.15, -0.1) is 0 Å². The van der Waals surface area contributed by atoms with Crippen LogP contribution in [0.1, 0.15) is 40.0 Å². The summed E-state index contributed by atoms with van der Waals surface area (Å²) in [5, 5.41) is 0. The van der Waals surface area contributed by atoms with Crippen molar-refractivity contribution >= 4 is 36.0 Å². The van der Waals surface area contributed by atoms with Crippen LogP contribution in [0.15, 0.2) is 0 Å². The second-order valence-electron chi connectivity index (χ2n) is 4.04. The maximum Gasteiger partial charge on any atom is 0.399 e. The smallest absolute Gasteiger partial charge is 0.305 e. The second kappa shape index (κ2) is 8.64. The average Bonchev–Trinajstić information content (AvgIpc) is 2.26. The lowest BCUT2D eigenvalue weighted by atomic mass is 10.1. The summed E-state index contributed by atoms with van der Waals surface area (Å²) in [4.78, 5) is 10.8. The molecule has 0 aliphatic heterocycles. The first-order valence-corrected chi connectivity index (χ1v) is 8.88. The van der Waals surface area contributed by atoms with Crippen LogP contribution in [0.25, 0.3) is 0 Å². The Morgan fingerprint density at radius 3 is 2.16 bits per heavy atom. The van der Waals surface area contributed by atoms with E-state index in [4.69, 9.17) is 0 Å². The molecule has 4 nitrogen and oxygen atoms in total. The molecule has 1 atom stereocenters. The molecule has 19 heavy (non-hydrogen) atoms. The Morgan fingerprint density at radius 2 is 1.79 bits per heavy atom. The van der Waals surface area contributed by atoms with Gasteiger partial charge < -0.3 is 13.8 Å². The van der Waals surface area contributed by atoms with Gasteiger partial charge in [-0.3, -0.25) is 4.57 Å². The topological polar surface area (TPSA) is 52.6 Å². The molecule has 0 aliphatic carbocycles. The number of ketones is 1. The maximum absolute atomic E-state index is 14.0. The molecule has 0 aromatic rings. The van der Waals surface area contributed by atoms with Crippen LogP contribution in [0.5, 0.6) is 0 Å². The highest BCUT2D eigenvalue weighted by Gasteiger charge is 2.53. The van der Waals surface area contributed by atoms with Crippen molar-refractivity contribution in [2.45, 2.75) is 49.6 Å². The van der Waals surface area contributed by atoms with Gasteiger partial charge in [-0.1, -0.05) is 22.6 Å². The van der Waals surface area contributed by atoms with E-state index in [0.717, 1.165) is 0 Å². The zero-order valence-electron chi connectivity index (χ0n) is 11.3. The van der Waals surface area contributed by atoms with E-state index in [9.17, 15) is 18.1 Å². The van der Waals surface area contributed by atoms with Gasteiger partial charge in [0, 0.05) is 16.8 Å². The Morgan fingerprint density at radius 1 is 1.32 bits per heavy atom. The summed E-state index contributed by atoms with van der Waals surface area (Å²) >= 11 is 1.83. The average molecular weight is 412 g/mol. The second-order valence-corrected chi connectivity index (χ2v) is 7.97. The summed E-state index contributed by atoms with van der Waals surface area (Å²) in [7, 11) is -4.45. The van der Waals surface area contributed by atoms with E-state index in [1.54, 1.807) is 0 Å². The maximum atomic E-state index is 14.0. The molecule has 0 N–H and O–H groups in total. The Hall–Kier alpha value is 0.410. The Bertz CT molecular complexity index is 329. The van der Waals surface area contributed by atoms with Gasteiger partial charge in [0.1, 0.15) is 5.78 Å². The van der Waals surface area contributed by atoms with Crippen molar-refractivity contribution in [2.75, 3.05) is 13.2 Å². The summed E-state index contributed by atoms with van der Waals surface area (Å²) in [5.74, 6) is -0.0530. The molecule has 1 unspecified atom stereocenters. The third-order valence-corrected chi connectivity index (χ3v) is 5.52. The molecule has 0 rings (SSSR count). The molecule has 114 valence electrons. The van der Waals surface area contributed by atoms with Gasteiger partial charge in [0.2, 0.25) is 0 Å². The van der Waals surface area contributed by atoms with Gasteiger partial charge in [0.05, 0.1) is 13.2 Å². The summed E-state index contributed by atoms with van der Waals surface area (Å²) in [5.41, 5.74) is -3.54. The highest BCUT2D eigenvalue weighted by Crippen LogP contribution is 2.64. The molecule has 0 aromatic heterocycles. The summed E-state index contributed by atoms with van der Waals surface area (Å²) in [6.07, 6.45) is -0.0703. The lowest BCUT2D eigenvalue weighted by molar-refractivity contribution is -0.117. The number of hydrogen-bond donors (Lipinski definition) is 0. The summed E-state index contributed by atoms with van der Waals surface area (Å²) in [6, 6.07) is 0. The van der Waals surface area contributed by atoms with Crippen LogP contribution in [0.3, 0.4) is 0 Å². The van der Waals surface area contributed by atoms with Gasteiger partial charge in [-0.05, 0) is 27.2 Å². The Labute approximate surface area is 126 Å². The minimum absolute atomic E-state index is 0.0530. The molecule has 0 aliphatic rings. The van der Waals surface area contributed by atoms with Crippen LogP contribution in [0.2, 0.25) is 0 Å². The van der Waals surface area contributed by atoms with Gasteiger partial charge in [-0.25, -0.2) is 0 Å². The van der Waals surface area contributed by atoms with E-state index in [1.165, 1.54) is 20.8 Å². The SMILES string of the molecule is CCOP(=O)(OCC)C(F)(F)CC(I)CCC(C)=O. The van der Waals surface area contributed by atoms with Gasteiger partial charge >= 0.3 is 13.3 Å². The van der Waals surface area contributed by atoms with Gasteiger partial charge in [0.15, 0.2) is 0 Å². The first-order chi connectivity index (χ1) is 8.68. The van der Waals surface area contributed by atoms with Crippen LogP contribution < -0.4 is 0 Å². The standard InChI is InChI=1S/C11H20F2IO4P/c1-4-17-19(16,18-5-2)11(12,13)8-10(14)7-6-9(3)15/h10H,4-8H2,1-3H3. The molecule has 0 saturated carbocycles. The van der Waals surface area contributed by atoms with Crippen LogP contribution in [-0.2, 0) is 18.4 Å². The third-order valence-electron chi connectivity index (χ3n) is 2.28. The minimum Gasteiger partial charge on any atom is -0.305 e. The molecule has 0 saturated heterocycles. The lowest BCUT2D eigenvalue weighted by Gasteiger charge is -2.27. The fraction of sp³-hybridized carbons (Fsp3) is 0.909. The number of halogens is 3. The predicted molar refractivity (Wildman–Crippen MR) is 78.1 cm³/mol. The fourth-order valence-electron chi connectivity index (χ4n) is 1.41. The van der Waals surface area contributed by atoms with Crippen LogP contribution >= 0.6 is 30.2 Å². The van der Waals surface area contributed by atoms with Gasteiger partial charge in [0.25, 0.3) is 0 Å².